The molecule has 0 aliphatic carbocycles. The van der Waals surface area contributed by atoms with E-state index >= 15 is 0 Å². The van der Waals surface area contributed by atoms with E-state index in [1.54, 1.807) is 0 Å². The summed E-state index contributed by atoms with van der Waals surface area (Å²) in [6.45, 7) is 10.9. The van der Waals surface area contributed by atoms with Crippen LogP contribution in [0.1, 0.15) is 33.6 Å². The molecular formula is C25H36O7SeSi. The van der Waals surface area contributed by atoms with Crippen molar-refractivity contribution in [1.29, 1.82) is 0 Å². The molecule has 3 fully saturated rings. The summed E-state index contributed by atoms with van der Waals surface area (Å²) < 4.78 is 31.5. The van der Waals surface area contributed by atoms with Crippen LogP contribution in [0.3, 0.4) is 0 Å². The fraction of sp³-hybridized carbons (Fsp3) is 0.680. The Kier molecular flexibility index (Phi) is 7.10. The van der Waals surface area contributed by atoms with Gasteiger partial charge in [-0.15, -0.1) is 0 Å². The van der Waals surface area contributed by atoms with E-state index in [-0.39, 0.29) is 55.5 Å². The van der Waals surface area contributed by atoms with Crippen LogP contribution in [0.15, 0.2) is 30.3 Å². The summed E-state index contributed by atoms with van der Waals surface area (Å²) in [5, 5.41) is -0.0873. The predicted molar refractivity (Wildman–Crippen MR) is 130 cm³/mol. The summed E-state index contributed by atoms with van der Waals surface area (Å²) in [5.74, 6) is -3.57. The molecule has 7 nitrogen and oxygen atoms in total. The van der Waals surface area contributed by atoms with Crippen LogP contribution >= 0.6 is 0 Å². The Hall–Kier alpha value is -1.22. The molecular weight excluding hydrogens is 519 g/mol. The van der Waals surface area contributed by atoms with Crippen molar-refractivity contribution in [2.45, 2.75) is 80.7 Å². The van der Waals surface area contributed by atoms with Crippen LogP contribution in [0.2, 0.25) is 22.9 Å². The van der Waals surface area contributed by atoms with Gasteiger partial charge in [0.1, 0.15) is 0 Å². The number of benzene rings is 1. The van der Waals surface area contributed by atoms with Crippen molar-refractivity contribution in [3.8, 4) is 0 Å². The minimum atomic E-state index is -2.37. The molecule has 4 rings (SSSR count). The van der Waals surface area contributed by atoms with Gasteiger partial charge >= 0.3 is 210 Å². The van der Waals surface area contributed by atoms with E-state index in [0.29, 0.717) is 0 Å². The Labute approximate surface area is 209 Å². The van der Waals surface area contributed by atoms with E-state index in [4.69, 9.17) is 23.4 Å². The first-order valence-electron chi connectivity index (χ1n) is 11.8. The average Bonchev–Trinajstić information content (AvgIpc) is 3.39. The van der Waals surface area contributed by atoms with Crippen molar-refractivity contribution in [3.05, 3.63) is 30.3 Å². The van der Waals surface area contributed by atoms with Crippen molar-refractivity contribution in [3.63, 3.8) is 0 Å². The second-order valence-corrected chi connectivity index (χ2v) is 18.3. The summed E-state index contributed by atoms with van der Waals surface area (Å²) in [5.41, 5.74) is 0. The van der Waals surface area contributed by atoms with Crippen LogP contribution in [0.25, 0.3) is 0 Å². The topological polar surface area (TPSA) is 80.3 Å². The number of hydrogen-bond donors (Lipinski definition) is 0. The molecule has 9 heteroatoms. The number of esters is 2. The molecule has 2 bridgehead atoms. The van der Waals surface area contributed by atoms with E-state index in [1.165, 1.54) is 18.7 Å². The van der Waals surface area contributed by atoms with Crippen molar-refractivity contribution < 1.29 is 33.0 Å². The van der Waals surface area contributed by atoms with Gasteiger partial charge in [0.05, 0.1) is 0 Å². The van der Waals surface area contributed by atoms with Gasteiger partial charge in [-0.2, -0.15) is 0 Å². The first kappa shape index (κ1) is 25.9. The predicted octanol–water partition coefficient (Wildman–Crippen LogP) is 3.06. The first-order chi connectivity index (χ1) is 15.9. The third-order valence-corrected chi connectivity index (χ3v) is 15.2. The quantitative estimate of drug-likeness (QED) is 0.277. The van der Waals surface area contributed by atoms with Gasteiger partial charge in [-0.3, -0.25) is 0 Å². The summed E-state index contributed by atoms with van der Waals surface area (Å²) in [6.07, 6.45) is 0.776. The Morgan fingerprint density at radius 2 is 1.74 bits per heavy atom. The minimum absolute atomic E-state index is 0.0635. The SMILES string of the molecule is COC(=O)C(C[C@@]1(O[Si](C)(C)C(C)(C)C)O[C@H]2C[C@@H]3O[C@H]2[C@H]1[C@H]3[Se]c1ccccc1)C(=O)OC. The van der Waals surface area contributed by atoms with Crippen LogP contribution in [0.4, 0.5) is 0 Å². The van der Waals surface area contributed by atoms with Gasteiger partial charge in [0.15, 0.2) is 0 Å². The molecule has 0 spiro atoms. The van der Waals surface area contributed by atoms with Crippen molar-refractivity contribution in [2.75, 3.05) is 14.2 Å². The van der Waals surface area contributed by atoms with Gasteiger partial charge in [0.25, 0.3) is 0 Å². The molecule has 0 amide bonds. The van der Waals surface area contributed by atoms with Crippen LogP contribution in [-0.4, -0.2) is 73.5 Å². The van der Waals surface area contributed by atoms with Crippen molar-refractivity contribution >= 4 is 39.7 Å². The number of fused-ring (bicyclic) bond motifs is 1. The number of carbonyl (C=O) groups excluding carboxylic acids is 2. The third-order valence-electron chi connectivity index (χ3n) is 7.81. The maximum absolute atomic E-state index is 12.7. The molecule has 188 valence electrons. The second-order valence-electron chi connectivity index (χ2n) is 10.9. The monoisotopic (exact) mass is 556 g/mol. The van der Waals surface area contributed by atoms with Gasteiger partial charge in [-0.1, -0.05) is 0 Å². The molecule has 3 heterocycles. The van der Waals surface area contributed by atoms with Crippen molar-refractivity contribution in [2.24, 2.45) is 11.8 Å². The van der Waals surface area contributed by atoms with E-state index in [0.717, 1.165) is 6.42 Å². The van der Waals surface area contributed by atoms with E-state index < -0.39 is 32.0 Å². The van der Waals surface area contributed by atoms with Crippen molar-refractivity contribution in [1.82, 2.24) is 0 Å². The third kappa shape index (κ3) is 4.51. The standard InChI is InChI=1S/C25H36O7SeSi/c1-24(2,3)34(6,7)32-25(14-16(22(26)28-4)23(27)29-5)19-20-17(31-25)13-18(30-20)21(19)33-15-11-9-8-10-12-15/h8-12,16-21H,13-14H2,1-7H3/t17-,18-,19-,20+,21-,25-/m0/s1. The Balaban J connectivity index is 1.75. The molecule has 34 heavy (non-hydrogen) atoms. The van der Waals surface area contributed by atoms with E-state index in [2.05, 4.69) is 58.1 Å². The molecule has 1 aromatic carbocycles. The fourth-order valence-corrected chi connectivity index (χ4v) is 9.65. The normalized spacial score (nSPS) is 32.3. The fourth-order valence-electron chi connectivity index (χ4n) is 5.14. The molecule has 1 aromatic rings. The number of carbonyl (C=O) groups is 2. The van der Waals surface area contributed by atoms with Crippen LogP contribution in [0, 0.1) is 11.8 Å². The average molecular weight is 556 g/mol. The molecule has 3 saturated heterocycles. The van der Waals surface area contributed by atoms with Crippen LogP contribution < -0.4 is 4.46 Å². The zero-order chi connectivity index (χ0) is 24.9. The van der Waals surface area contributed by atoms with Gasteiger partial charge in [-0.05, 0) is 0 Å². The van der Waals surface area contributed by atoms with E-state index in [1.807, 2.05) is 6.07 Å². The Bertz CT molecular complexity index is 900. The molecule has 0 N–H and O–H groups in total. The molecule has 6 atom stereocenters. The summed E-state index contributed by atoms with van der Waals surface area (Å²) >= 11 is 0.123. The van der Waals surface area contributed by atoms with Gasteiger partial charge in [-0.25, -0.2) is 0 Å². The summed E-state index contributed by atoms with van der Waals surface area (Å²) in [6, 6.07) is 10.4. The number of rotatable bonds is 8. The van der Waals surface area contributed by atoms with Crippen LogP contribution in [0.5, 0.6) is 0 Å². The second kappa shape index (κ2) is 9.34. The number of hydrogen-bond acceptors (Lipinski definition) is 7. The van der Waals surface area contributed by atoms with Gasteiger partial charge < -0.3 is 0 Å². The maximum atomic E-state index is 12.7. The molecule has 0 unspecified atom stereocenters. The molecule has 3 aliphatic heterocycles. The Morgan fingerprint density at radius 1 is 1.12 bits per heavy atom. The summed E-state index contributed by atoms with van der Waals surface area (Å²) in [7, 11) is 0.204. The van der Waals surface area contributed by atoms with Gasteiger partial charge in [0, 0.05) is 0 Å². The Morgan fingerprint density at radius 3 is 2.29 bits per heavy atom. The van der Waals surface area contributed by atoms with Gasteiger partial charge in [0.2, 0.25) is 0 Å². The molecule has 3 aliphatic rings. The molecule has 0 radical (unpaired) electrons. The first-order valence-corrected chi connectivity index (χ1v) is 16.6. The van der Waals surface area contributed by atoms with Crippen LogP contribution in [-0.2, 0) is 33.0 Å². The number of methoxy groups -OCH3 is 2. The number of ether oxygens (including phenoxy) is 4. The summed E-state index contributed by atoms with van der Waals surface area (Å²) in [4.78, 5) is 25.6. The molecule has 0 aromatic heterocycles. The zero-order valence-electron chi connectivity index (χ0n) is 21.0. The van der Waals surface area contributed by atoms with E-state index in [9.17, 15) is 9.59 Å². The molecule has 0 saturated carbocycles. The zero-order valence-corrected chi connectivity index (χ0v) is 23.7.